The highest BCUT2D eigenvalue weighted by Crippen LogP contribution is 2.34. The Morgan fingerprint density at radius 2 is 1.79 bits per heavy atom. The molecule has 0 amide bonds. The summed E-state index contributed by atoms with van der Waals surface area (Å²) in [4.78, 5) is 12.9. The van der Waals surface area contributed by atoms with Crippen molar-refractivity contribution in [3.63, 3.8) is 0 Å². The van der Waals surface area contributed by atoms with Gasteiger partial charge >= 0.3 is 5.97 Å². The van der Waals surface area contributed by atoms with Gasteiger partial charge < -0.3 is 18.8 Å². The summed E-state index contributed by atoms with van der Waals surface area (Å²) in [5.41, 5.74) is 3.32. The first kappa shape index (κ1) is 18.2. The molecule has 2 aromatic heterocycles. The third-order valence-electron chi connectivity index (χ3n) is 4.93. The van der Waals surface area contributed by atoms with E-state index in [1.54, 1.807) is 10.9 Å². The number of aryl methyl sites for hydroxylation is 3. The topological polar surface area (TPSA) is 67.5 Å². The molecule has 0 saturated heterocycles. The van der Waals surface area contributed by atoms with Gasteiger partial charge in [0.1, 0.15) is 30.7 Å². The van der Waals surface area contributed by atoms with Crippen LogP contribution in [-0.2, 0) is 11.8 Å². The Balaban J connectivity index is 1.60. The molecule has 0 saturated carbocycles. The number of hydrogen-bond acceptors (Lipinski definition) is 5. The number of fused-ring (bicyclic) bond motifs is 1. The van der Waals surface area contributed by atoms with Crippen molar-refractivity contribution in [1.82, 2.24) is 14.3 Å². The van der Waals surface area contributed by atoms with Crippen molar-refractivity contribution in [3.8, 4) is 17.3 Å². The minimum atomic E-state index is -0.441. The Kier molecular flexibility index (Phi) is 4.58. The average Bonchev–Trinajstić information content (AvgIpc) is 3.22. The van der Waals surface area contributed by atoms with E-state index < -0.39 is 12.1 Å². The van der Waals surface area contributed by atoms with Gasteiger partial charge in [-0.15, -0.1) is 0 Å². The lowest BCUT2D eigenvalue weighted by Crippen LogP contribution is -2.16. The van der Waals surface area contributed by atoms with Crippen molar-refractivity contribution < 1.29 is 19.0 Å². The predicted octanol–water partition coefficient (Wildman–Crippen LogP) is 3.52. The molecule has 28 heavy (non-hydrogen) atoms. The summed E-state index contributed by atoms with van der Waals surface area (Å²) in [5, 5.41) is 4.27. The summed E-state index contributed by atoms with van der Waals surface area (Å²) in [7, 11) is 1.81. The maximum Gasteiger partial charge on any atom is 0.344 e. The van der Waals surface area contributed by atoms with Crippen molar-refractivity contribution in [2.24, 2.45) is 7.05 Å². The van der Waals surface area contributed by atoms with E-state index in [0.29, 0.717) is 36.1 Å². The van der Waals surface area contributed by atoms with E-state index in [1.165, 1.54) is 0 Å². The number of esters is 1. The van der Waals surface area contributed by atoms with Crippen LogP contribution in [0.3, 0.4) is 0 Å². The number of nitrogens with zero attached hydrogens (tertiary/aromatic N) is 3. The highest BCUT2D eigenvalue weighted by Gasteiger charge is 2.24. The molecule has 1 aromatic carbocycles. The summed E-state index contributed by atoms with van der Waals surface area (Å²) in [6, 6.07) is 9.60. The molecule has 3 heterocycles. The van der Waals surface area contributed by atoms with Crippen LogP contribution in [0.5, 0.6) is 11.5 Å². The first-order valence-corrected chi connectivity index (χ1v) is 9.23. The van der Waals surface area contributed by atoms with Gasteiger partial charge in [-0.2, -0.15) is 5.10 Å². The zero-order chi connectivity index (χ0) is 19.8. The van der Waals surface area contributed by atoms with Crippen molar-refractivity contribution in [2.45, 2.75) is 26.9 Å². The Bertz CT molecular complexity index is 1010. The van der Waals surface area contributed by atoms with Crippen LogP contribution in [-0.4, -0.2) is 33.5 Å². The van der Waals surface area contributed by atoms with E-state index in [4.69, 9.17) is 14.2 Å². The van der Waals surface area contributed by atoms with E-state index >= 15 is 0 Å². The molecular formula is C21H23N3O4. The van der Waals surface area contributed by atoms with Gasteiger partial charge in [-0.1, -0.05) is 6.07 Å². The van der Waals surface area contributed by atoms with Crippen LogP contribution in [0.15, 0.2) is 36.5 Å². The molecule has 1 aliphatic heterocycles. The average molecular weight is 381 g/mol. The molecule has 0 N–H and O–H groups in total. The summed E-state index contributed by atoms with van der Waals surface area (Å²) in [6.45, 7) is 6.88. The highest BCUT2D eigenvalue weighted by molar-refractivity contribution is 5.93. The highest BCUT2D eigenvalue weighted by atomic mass is 16.6. The summed E-state index contributed by atoms with van der Waals surface area (Å²) in [5.74, 6) is 1.66. The van der Waals surface area contributed by atoms with Crippen molar-refractivity contribution in [2.75, 3.05) is 13.2 Å². The summed E-state index contributed by atoms with van der Waals surface area (Å²) >= 11 is 0. The normalized spacial score (nSPS) is 14.0. The zero-order valence-corrected chi connectivity index (χ0v) is 16.4. The molecular weight excluding hydrogens is 358 g/mol. The molecule has 3 aromatic rings. The fraction of sp³-hybridized carbons (Fsp3) is 0.333. The third-order valence-corrected chi connectivity index (χ3v) is 4.93. The fourth-order valence-corrected chi connectivity index (χ4v) is 3.45. The maximum absolute atomic E-state index is 12.9. The molecule has 1 aliphatic rings. The number of carbonyl (C=O) groups is 1. The standard InChI is InChI=1S/C21H23N3O4/c1-13-5-6-14(2)24(13)20-17(12-22-23(20)4)21(25)28-15(3)16-7-8-18-19(11-16)27-10-9-26-18/h5-8,11-12,15H,9-10H2,1-4H3. The minimum absolute atomic E-state index is 0.419. The molecule has 4 rings (SSSR count). The smallest absolute Gasteiger partial charge is 0.344 e. The van der Waals surface area contributed by atoms with Crippen molar-refractivity contribution in [1.29, 1.82) is 0 Å². The largest absolute Gasteiger partial charge is 0.486 e. The number of ether oxygens (including phenoxy) is 3. The summed E-state index contributed by atoms with van der Waals surface area (Å²) in [6.07, 6.45) is 1.11. The fourth-order valence-electron chi connectivity index (χ4n) is 3.45. The van der Waals surface area contributed by atoms with Gasteiger partial charge in [-0.3, -0.25) is 4.68 Å². The zero-order valence-electron chi connectivity index (χ0n) is 16.4. The lowest BCUT2D eigenvalue weighted by atomic mass is 10.1. The monoisotopic (exact) mass is 381 g/mol. The Labute approximate surface area is 163 Å². The van der Waals surface area contributed by atoms with Crippen LogP contribution in [0, 0.1) is 13.8 Å². The van der Waals surface area contributed by atoms with Crippen molar-refractivity contribution >= 4 is 5.97 Å². The Morgan fingerprint density at radius 1 is 1.11 bits per heavy atom. The number of rotatable bonds is 4. The number of benzene rings is 1. The summed E-state index contributed by atoms with van der Waals surface area (Å²) < 4.78 is 20.6. The van der Waals surface area contributed by atoms with Crippen LogP contribution in [0.1, 0.15) is 40.3 Å². The molecule has 146 valence electrons. The van der Waals surface area contributed by atoms with Crippen LogP contribution in [0.25, 0.3) is 5.82 Å². The Hall–Kier alpha value is -3.22. The first-order chi connectivity index (χ1) is 13.5. The van der Waals surface area contributed by atoms with Crippen LogP contribution in [0.2, 0.25) is 0 Å². The van der Waals surface area contributed by atoms with Crippen LogP contribution < -0.4 is 9.47 Å². The first-order valence-electron chi connectivity index (χ1n) is 9.23. The SMILES string of the molecule is Cc1ccc(C)n1-c1c(C(=O)OC(C)c2ccc3c(c2)OCCO3)cnn1C. The van der Waals surface area contributed by atoms with E-state index in [-0.39, 0.29) is 0 Å². The molecule has 1 unspecified atom stereocenters. The molecule has 7 heteroatoms. The Morgan fingerprint density at radius 3 is 2.50 bits per heavy atom. The third kappa shape index (κ3) is 3.13. The van der Waals surface area contributed by atoms with E-state index in [9.17, 15) is 4.79 Å². The minimum Gasteiger partial charge on any atom is -0.486 e. The van der Waals surface area contributed by atoms with E-state index in [0.717, 1.165) is 17.0 Å². The second-order valence-electron chi connectivity index (χ2n) is 6.91. The second-order valence-corrected chi connectivity index (χ2v) is 6.91. The van der Waals surface area contributed by atoms with Gasteiger partial charge in [0.05, 0.1) is 6.20 Å². The molecule has 0 aliphatic carbocycles. The van der Waals surface area contributed by atoms with Gasteiger partial charge in [0, 0.05) is 18.4 Å². The van der Waals surface area contributed by atoms with Crippen LogP contribution in [0.4, 0.5) is 0 Å². The molecule has 1 atom stereocenters. The van der Waals surface area contributed by atoms with Gasteiger partial charge in [0.15, 0.2) is 11.5 Å². The number of carbonyl (C=O) groups excluding carboxylic acids is 1. The quantitative estimate of drug-likeness (QED) is 0.647. The van der Waals surface area contributed by atoms with E-state index in [2.05, 4.69) is 5.10 Å². The number of hydrogen-bond donors (Lipinski definition) is 0. The van der Waals surface area contributed by atoms with Crippen LogP contribution >= 0.6 is 0 Å². The molecule has 0 spiro atoms. The predicted molar refractivity (Wildman–Crippen MR) is 103 cm³/mol. The molecule has 0 bridgehead atoms. The van der Waals surface area contributed by atoms with Gasteiger partial charge in [-0.05, 0) is 50.6 Å². The van der Waals surface area contributed by atoms with Gasteiger partial charge in [0.25, 0.3) is 0 Å². The lowest BCUT2D eigenvalue weighted by molar-refractivity contribution is 0.0336. The van der Waals surface area contributed by atoms with Gasteiger partial charge in [0.2, 0.25) is 0 Å². The van der Waals surface area contributed by atoms with Crippen molar-refractivity contribution in [3.05, 3.63) is 59.0 Å². The molecule has 7 nitrogen and oxygen atoms in total. The number of aromatic nitrogens is 3. The van der Waals surface area contributed by atoms with Gasteiger partial charge in [-0.25, -0.2) is 4.79 Å². The molecule has 0 radical (unpaired) electrons. The maximum atomic E-state index is 12.9. The van der Waals surface area contributed by atoms with E-state index in [1.807, 2.05) is 62.7 Å². The second kappa shape index (κ2) is 7.07. The lowest BCUT2D eigenvalue weighted by Gasteiger charge is -2.21. The molecule has 0 fully saturated rings.